The fraction of sp³-hybridized carbons (Fsp3) is 0.286. The van der Waals surface area contributed by atoms with E-state index in [1.165, 1.54) is 6.33 Å². The maximum absolute atomic E-state index is 10.7. The van der Waals surface area contributed by atoms with Crippen molar-refractivity contribution in [3.8, 4) is 0 Å². The Morgan fingerprint density at radius 2 is 2.09 bits per heavy atom. The lowest BCUT2D eigenvalue weighted by Crippen LogP contribution is -2.18. The maximum Gasteiger partial charge on any atom is 0.224 e. The number of nitrogens with zero attached hydrogens (tertiary/aromatic N) is 2. The summed E-state index contributed by atoms with van der Waals surface area (Å²) in [5, 5.41) is 0. The molecule has 1 aromatic rings. The van der Waals surface area contributed by atoms with Gasteiger partial charge in [0.1, 0.15) is 6.33 Å². The van der Waals surface area contributed by atoms with Gasteiger partial charge in [-0.1, -0.05) is 0 Å². The zero-order valence-electron chi connectivity index (χ0n) is 6.19. The minimum atomic E-state index is -0.361. The third kappa shape index (κ3) is 1.73. The zero-order chi connectivity index (χ0) is 8.27. The second kappa shape index (κ2) is 3.09. The third-order valence-electron chi connectivity index (χ3n) is 1.51. The highest BCUT2D eigenvalue weighted by atomic mass is 16.1. The average Bonchev–Trinajstić information content (AvgIpc) is 2.05. The summed E-state index contributed by atoms with van der Waals surface area (Å²) in [6.45, 7) is 1.72. The topological polar surface area (TPSA) is 68.9 Å². The van der Waals surface area contributed by atoms with Gasteiger partial charge in [0.25, 0.3) is 0 Å². The molecule has 0 bridgehead atoms. The quantitative estimate of drug-likeness (QED) is 0.650. The molecular formula is C7H9N3O. The number of aromatic nitrogens is 2. The number of amides is 1. The Morgan fingerprint density at radius 3 is 2.55 bits per heavy atom. The largest absolute Gasteiger partial charge is 0.369 e. The summed E-state index contributed by atoms with van der Waals surface area (Å²) in [7, 11) is 0. The predicted molar refractivity (Wildman–Crippen MR) is 39.6 cm³/mol. The summed E-state index contributed by atoms with van der Waals surface area (Å²) in [6, 6.07) is 0. The fourth-order valence-corrected chi connectivity index (χ4v) is 0.698. The van der Waals surface area contributed by atoms with E-state index in [-0.39, 0.29) is 11.8 Å². The molecule has 1 amide bonds. The van der Waals surface area contributed by atoms with Crippen LogP contribution in [-0.2, 0) is 4.79 Å². The van der Waals surface area contributed by atoms with Crippen LogP contribution < -0.4 is 5.73 Å². The average molecular weight is 151 g/mol. The smallest absolute Gasteiger partial charge is 0.224 e. The number of rotatable bonds is 2. The van der Waals surface area contributed by atoms with Crippen molar-refractivity contribution in [2.75, 3.05) is 0 Å². The van der Waals surface area contributed by atoms with Crippen molar-refractivity contribution in [2.45, 2.75) is 12.8 Å². The van der Waals surface area contributed by atoms with Gasteiger partial charge in [0.05, 0.1) is 5.92 Å². The normalized spacial score (nSPS) is 12.5. The SMILES string of the molecule is CC(C(N)=O)c1cncnc1. The van der Waals surface area contributed by atoms with Gasteiger partial charge >= 0.3 is 0 Å². The molecule has 4 nitrogen and oxygen atoms in total. The van der Waals surface area contributed by atoms with Crippen molar-refractivity contribution < 1.29 is 4.79 Å². The molecule has 0 radical (unpaired) electrons. The minimum absolute atomic E-state index is 0.309. The van der Waals surface area contributed by atoms with Gasteiger partial charge in [0.2, 0.25) is 5.91 Å². The zero-order valence-corrected chi connectivity index (χ0v) is 6.19. The Hall–Kier alpha value is -1.45. The van der Waals surface area contributed by atoms with Crippen LogP contribution in [-0.4, -0.2) is 15.9 Å². The molecule has 11 heavy (non-hydrogen) atoms. The summed E-state index contributed by atoms with van der Waals surface area (Å²) >= 11 is 0. The second-order valence-corrected chi connectivity index (χ2v) is 2.30. The molecule has 2 N–H and O–H groups in total. The lowest BCUT2D eigenvalue weighted by atomic mass is 10.1. The molecule has 0 aliphatic carbocycles. The lowest BCUT2D eigenvalue weighted by Gasteiger charge is -2.04. The van der Waals surface area contributed by atoms with Crippen LogP contribution in [0.2, 0.25) is 0 Å². The van der Waals surface area contributed by atoms with E-state index in [9.17, 15) is 4.79 Å². The predicted octanol–water partition coefficient (Wildman–Crippen LogP) is 0.0654. The van der Waals surface area contributed by atoms with Crippen LogP contribution in [0.5, 0.6) is 0 Å². The molecule has 0 aliphatic heterocycles. The van der Waals surface area contributed by atoms with Gasteiger partial charge in [-0.05, 0) is 6.92 Å². The fourth-order valence-electron chi connectivity index (χ4n) is 0.698. The molecule has 1 aromatic heterocycles. The molecule has 1 atom stereocenters. The van der Waals surface area contributed by atoms with Crippen molar-refractivity contribution in [1.29, 1.82) is 0 Å². The Morgan fingerprint density at radius 1 is 1.55 bits per heavy atom. The molecule has 1 heterocycles. The minimum Gasteiger partial charge on any atom is -0.369 e. The molecule has 4 heteroatoms. The Kier molecular flexibility index (Phi) is 2.15. The van der Waals surface area contributed by atoms with Gasteiger partial charge in [-0.3, -0.25) is 4.79 Å². The molecule has 0 saturated carbocycles. The molecular weight excluding hydrogens is 142 g/mol. The molecule has 1 rings (SSSR count). The lowest BCUT2D eigenvalue weighted by molar-refractivity contribution is -0.119. The second-order valence-electron chi connectivity index (χ2n) is 2.30. The van der Waals surface area contributed by atoms with Crippen molar-refractivity contribution >= 4 is 5.91 Å². The van der Waals surface area contributed by atoms with Gasteiger partial charge in [-0.2, -0.15) is 0 Å². The van der Waals surface area contributed by atoms with Crippen molar-refractivity contribution in [3.05, 3.63) is 24.3 Å². The number of primary amides is 1. The van der Waals surface area contributed by atoms with Crippen LogP contribution in [0.3, 0.4) is 0 Å². The molecule has 0 saturated heterocycles. The van der Waals surface area contributed by atoms with Crippen molar-refractivity contribution in [2.24, 2.45) is 5.73 Å². The van der Waals surface area contributed by atoms with Crippen molar-refractivity contribution in [3.63, 3.8) is 0 Å². The Bertz CT molecular complexity index is 247. The summed E-state index contributed by atoms with van der Waals surface area (Å²) in [5.74, 6) is -0.670. The number of hydrogen-bond donors (Lipinski definition) is 1. The highest BCUT2D eigenvalue weighted by Gasteiger charge is 2.10. The summed E-state index contributed by atoms with van der Waals surface area (Å²) in [6.07, 6.45) is 4.59. The highest BCUT2D eigenvalue weighted by Crippen LogP contribution is 2.10. The monoisotopic (exact) mass is 151 g/mol. The van der Waals surface area contributed by atoms with E-state index in [0.717, 1.165) is 5.56 Å². The molecule has 58 valence electrons. The molecule has 0 fully saturated rings. The van der Waals surface area contributed by atoms with Crippen molar-refractivity contribution in [1.82, 2.24) is 9.97 Å². The van der Waals surface area contributed by atoms with Gasteiger partial charge < -0.3 is 5.73 Å². The van der Waals surface area contributed by atoms with E-state index in [1.807, 2.05) is 0 Å². The first-order valence-electron chi connectivity index (χ1n) is 3.26. The van der Waals surface area contributed by atoms with E-state index in [1.54, 1.807) is 19.3 Å². The van der Waals surface area contributed by atoms with Crippen LogP contribution in [0, 0.1) is 0 Å². The van der Waals surface area contributed by atoms with E-state index in [2.05, 4.69) is 9.97 Å². The van der Waals surface area contributed by atoms with Crippen LogP contribution in [0.25, 0.3) is 0 Å². The number of carbonyl (C=O) groups is 1. The number of nitrogens with two attached hydrogens (primary N) is 1. The third-order valence-corrected chi connectivity index (χ3v) is 1.51. The Balaban J connectivity index is 2.85. The van der Waals surface area contributed by atoms with Gasteiger partial charge in [-0.15, -0.1) is 0 Å². The van der Waals surface area contributed by atoms with Gasteiger partial charge in [0, 0.05) is 18.0 Å². The molecule has 0 aromatic carbocycles. The molecule has 1 unspecified atom stereocenters. The molecule has 0 aliphatic rings. The van der Waals surface area contributed by atoms with E-state index in [0.29, 0.717) is 0 Å². The molecule has 0 spiro atoms. The first-order valence-corrected chi connectivity index (χ1v) is 3.26. The van der Waals surface area contributed by atoms with Crippen LogP contribution in [0.15, 0.2) is 18.7 Å². The Labute approximate surface area is 64.5 Å². The first kappa shape index (κ1) is 7.65. The maximum atomic E-state index is 10.7. The first-order chi connectivity index (χ1) is 5.22. The highest BCUT2D eigenvalue weighted by molar-refractivity contribution is 5.81. The van der Waals surface area contributed by atoms with E-state index >= 15 is 0 Å². The standard InChI is InChI=1S/C7H9N3O/c1-5(7(8)11)6-2-9-4-10-3-6/h2-5H,1H3,(H2,8,11). The number of carbonyl (C=O) groups excluding carboxylic acids is 1. The van der Waals surface area contributed by atoms with Gasteiger partial charge in [-0.25, -0.2) is 9.97 Å². The van der Waals surface area contributed by atoms with Crippen LogP contribution in [0.1, 0.15) is 18.4 Å². The summed E-state index contributed by atoms with van der Waals surface area (Å²) in [5.41, 5.74) is 5.82. The van der Waals surface area contributed by atoms with E-state index in [4.69, 9.17) is 5.73 Å². The summed E-state index contributed by atoms with van der Waals surface area (Å²) < 4.78 is 0. The van der Waals surface area contributed by atoms with Crippen LogP contribution in [0.4, 0.5) is 0 Å². The van der Waals surface area contributed by atoms with E-state index < -0.39 is 0 Å². The van der Waals surface area contributed by atoms with Gasteiger partial charge in [0.15, 0.2) is 0 Å². The van der Waals surface area contributed by atoms with Crippen LogP contribution >= 0.6 is 0 Å². The summed E-state index contributed by atoms with van der Waals surface area (Å²) in [4.78, 5) is 18.2. The number of hydrogen-bond acceptors (Lipinski definition) is 3.